The van der Waals surface area contributed by atoms with E-state index in [1.165, 1.54) is 7.11 Å². The maximum absolute atomic E-state index is 9.03. The number of pyridine rings is 1. The first kappa shape index (κ1) is 13.2. The third-order valence-electron chi connectivity index (χ3n) is 2.63. The molecule has 0 saturated heterocycles. The summed E-state index contributed by atoms with van der Waals surface area (Å²) < 4.78 is 10.7. The van der Waals surface area contributed by atoms with Gasteiger partial charge in [-0.25, -0.2) is 0 Å². The molecular formula is C14H16N2O3. The standard InChI is InChI=1S/C14H16N2O3/c1-18-13-7-6-11(15)14(16-13)19-12-5-3-2-4-10(12)8-9-17/h2-7,17H,8-9,15H2,1H3. The number of nitrogen functional groups attached to an aromatic ring is 1. The predicted molar refractivity (Wildman–Crippen MR) is 72.5 cm³/mol. The van der Waals surface area contributed by atoms with E-state index in [-0.39, 0.29) is 6.61 Å². The highest BCUT2D eigenvalue weighted by Gasteiger charge is 2.09. The molecule has 0 atom stereocenters. The lowest BCUT2D eigenvalue weighted by atomic mass is 10.1. The zero-order chi connectivity index (χ0) is 13.7. The summed E-state index contributed by atoms with van der Waals surface area (Å²) in [7, 11) is 1.53. The van der Waals surface area contributed by atoms with Gasteiger partial charge in [0.25, 0.3) is 0 Å². The van der Waals surface area contributed by atoms with Crippen molar-refractivity contribution in [3.63, 3.8) is 0 Å². The molecule has 0 aliphatic heterocycles. The van der Waals surface area contributed by atoms with Gasteiger partial charge in [0.15, 0.2) is 0 Å². The van der Waals surface area contributed by atoms with Crippen molar-refractivity contribution in [1.82, 2.24) is 4.98 Å². The van der Waals surface area contributed by atoms with Gasteiger partial charge in [-0.1, -0.05) is 18.2 Å². The minimum atomic E-state index is 0.0569. The molecule has 0 bridgehead atoms. The number of para-hydroxylation sites is 1. The predicted octanol–water partition coefficient (Wildman–Crippen LogP) is 2.00. The summed E-state index contributed by atoms with van der Waals surface area (Å²) in [5.74, 6) is 1.36. The van der Waals surface area contributed by atoms with Gasteiger partial charge in [0.1, 0.15) is 5.75 Å². The zero-order valence-corrected chi connectivity index (χ0v) is 10.7. The van der Waals surface area contributed by atoms with E-state index in [0.717, 1.165) is 5.56 Å². The van der Waals surface area contributed by atoms with E-state index < -0.39 is 0 Å². The second kappa shape index (κ2) is 6.06. The normalized spacial score (nSPS) is 10.2. The smallest absolute Gasteiger partial charge is 0.246 e. The number of rotatable bonds is 5. The van der Waals surface area contributed by atoms with Gasteiger partial charge in [0.2, 0.25) is 11.8 Å². The highest BCUT2D eigenvalue weighted by Crippen LogP contribution is 2.29. The molecule has 2 rings (SSSR count). The minimum absolute atomic E-state index is 0.0569. The second-order valence-corrected chi connectivity index (χ2v) is 3.93. The molecule has 0 aliphatic rings. The van der Waals surface area contributed by atoms with Crippen molar-refractivity contribution >= 4 is 5.69 Å². The van der Waals surface area contributed by atoms with Crippen LogP contribution in [0.2, 0.25) is 0 Å². The Balaban J connectivity index is 2.30. The Bertz CT molecular complexity index is 558. The summed E-state index contributed by atoms with van der Waals surface area (Å²) in [6.45, 7) is 0.0569. The molecule has 5 heteroatoms. The minimum Gasteiger partial charge on any atom is -0.481 e. The van der Waals surface area contributed by atoms with E-state index in [4.69, 9.17) is 20.3 Å². The fourth-order valence-corrected chi connectivity index (χ4v) is 1.66. The molecule has 2 aromatic rings. The lowest BCUT2D eigenvalue weighted by molar-refractivity contribution is 0.297. The highest BCUT2D eigenvalue weighted by molar-refractivity contribution is 5.51. The third kappa shape index (κ3) is 3.14. The van der Waals surface area contributed by atoms with Crippen molar-refractivity contribution < 1.29 is 14.6 Å². The number of benzene rings is 1. The molecule has 1 aromatic carbocycles. The van der Waals surface area contributed by atoms with Crippen molar-refractivity contribution in [3.8, 4) is 17.5 Å². The molecule has 100 valence electrons. The van der Waals surface area contributed by atoms with Gasteiger partial charge in [-0.3, -0.25) is 0 Å². The summed E-state index contributed by atoms with van der Waals surface area (Å²) in [6, 6.07) is 10.8. The molecular weight excluding hydrogens is 244 g/mol. The van der Waals surface area contributed by atoms with E-state index in [2.05, 4.69) is 4.98 Å². The Kier molecular flexibility index (Phi) is 4.20. The Morgan fingerprint density at radius 3 is 2.74 bits per heavy atom. The molecule has 0 radical (unpaired) electrons. The number of hydrogen-bond acceptors (Lipinski definition) is 5. The van der Waals surface area contributed by atoms with Crippen LogP contribution in [0.25, 0.3) is 0 Å². The molecule has 0 amide bonds. The summed E-state index contributed by atoms with van der Waals surface area (Å²) >= 11 is 0. The largest absolute Gasteiger partial charge is 0.481 e. The van der Waals surface area contributed by atoms with Gasteiger partial charge in [-0.2, -0.15) is 4.98 Å². The number of aliphatic hydroxyl groups excluding tert-OH is 1. The number of methoxy groups -OCH3 is 1. The van der Waals surface area contributed by atoms with E-state index in [0.29, 0.717) is 29.6 Å². The maximum atomic E-state index is 9.03. The van der Waals surface area contributed by atoms with Crippen molar-refractivity contribution in [3.05, 3.63) is 42.0 Å². The van der Waals surface area contributed by atoms with Crippen molar-refractivity contribution in [2.24, 2.45) is 0 Å². The van der Waals surface area contributed by atoms with Crippen LogP contribution in [0.5, 0.6) is 17.5 Å². The Hall–Kier alpha value is -2.27. The van der Waals surface area contributed by atoms with E-state index >= 15 is 0 Å². The maximum Gasteiger partial charge on any atom is 0.246 e. The van der Waals surface area contributed by atoms with Crippen molar-refractivity contribution in [2.45, 2.75) is 6.42 Å². The molecule has 1 heterocycles. The summed E-state index contributed by atoms with van der Waals surface area (Å²) in [4.78, 5) is 4.16. The average Bonchev–Trinajstić information content (AvgIpc) is 2.43. The van der Waals surface area contributed by atoms with Gasteiger partial charge >= 0.3 is 0 Å². The number of hydrogen-bond donors (Lipinski definition) is 2. The fourth-order valence-electron chi connectivity index (χ4n) is 1.66. The van der Waals surface area contributed by atoms with Crippen LogP contribution >= 0.6 is 0 Å². The molecule has 0 fully saturated rings. The molecule has 3 N–H and O–H groups in total. The third-order valence-corrected chi connectivity index (χ3v) is 2.63. The number of nitrogens with two attached hydrogens (primary N) is 1. The quantitative estimate of drug-likeness (QED) is 0.859. The van der Waals surface area contributed by atoms with Crippen molar-refractivity contribution in [2.75, 3.05) is 19.5 Å². The lowest BCUT2D eigenvalue weighted by Crippen LogP contribution is -2.00. The average molecular weight is 260 g/mol. The van der Waals surface area contributed by atoms with Gasteiger partial charge < -0.3 is 20.3 Å². The molecule has 0 aliphatic carbocycles. The topological polar surface area (TPSA) is 77.6 Å². The Morgan fingerprint density at radius 2 is 2.00 bits per heavy atom. The molecule has 0 spiro atoms. The first-order valence-corrected chi connectivity index (χ1v) is 5.91. The van der Waals surface area contributed by atoms with E-state index in [1.807, 2.05) is 24.3 Å². The van der Waals surface area contributed by atoms with Gasteiger partial charge in [-0.15, -0.1) is 0 Å². The van der Waals surface area contributed by atoms with Gasteiger partial charge in [0, 0.05) is 12.7 Å². The summed E-state index contributed by atoms with van der Waals surface area (Å²) in [5, 5.41) is 9.03. The molecule has 0 unspecified atom stereocenters. The number of aliphatic hydroxyl groups is 1. The fraction of sp³-hybridized carbons (Fsp3) is 0.214. The van der Waals surface area contributed by atoms with Crippen LogP contribution in [-0.4, -0.2) is 23.8 Å². The van der Waals surface area contributed by atoms with Crippen LogP contribution in [0, 0.1) is 0 Å². The number of anilines is 1. The van der Waals surface area contributed by atoms with Crippen LogP contribution in [0.3, 0.4) is 0 Å². The van der Waals surface area contributed by atoms with Crippen LogP contribution < -0.4 is 15.2 Å². The first-order valence-electron chi connectivity index (χ1n) is 5.91. The van der Waals surface area contributed by atoms with Gasteiger partial charge in [-0.05, 0) is 24.1 Å². The van der Waals surface area contributed by atoms with E-state index in [1.54, 1.807) is 12.1 Å². The molecule has 19 heavy (non-hydrogen) atoms. The van der Waals surface area contributed by atoms with Crippen LogP contribution in [0.15, 0.2) is 36.4 Å². The van der Waals surface area contributed by atoms with Crippen LogP contribution in [-0.2, 0) is 6.42 Å². The van der Waals surface area contributed by atoms with Crippen LogP contribution in [0.1, 0.15) is 5.56 Å². The second-order valence-electron chi connectivity index (χ2n) is 3.93. The van der Waals surface area contributed by atoms with Crippen molar-refractivity contribution in [1.29, 1.82) is 0 Å². The Labute approximate surface area is 111 Å². The summed E-state index contributed by atoms with van der Waals surface area (Å²) in [6.07, 6.45) is 0.514. The Morgan fingerprint density at radius 1 is 1.21 bits per heavy atom. The number of nitrogens with zero attached hydrogens (tertiary/aromatic N) is 1. The number of aromatic nitrogens is 1. The lowest BCUT2D eigenvalue weighted by Gasteiger charge is -2.11. The van der Waals surface area contributed by atoms with Gasteiger partial charge in [0.05, 0.1) is 12.8 Å². The molecule has 1 aromatic heterocycles. The zero-order valence-electron chi connectivity index (χ0n) is 10.7. The molecule has 0 saturated carbocycles. The van der Waals surface area contributed by atoms with E-state index in [9.17, 15) is 0 Å². The number of ether oxygens (including phenoxy) is 2. The van der Waals surface area contributed by atoms with Crippen LogP contribution in [0.4, 0.5) is 5.69 Å². The highest BCUT2D eigenvalue weighted by atomic mass is 16.5. The summed E-state index contributed by atoms with van der Waals surface area (Å²) in [5.41, 5.74) is 7.15. The SMILES string of the molecule is COc1ccc(N)c(Oc2ccccc2CCO)n1. The first-order chi connectivity index (χ1) is 9.24. The molecule has 5 nitrogen and oxygen atoms in total. The monoisotopic (exact) mass is 260 g/mol.